The Morgan fingerprint density at radius 2 is 1.74 bits per heavy atom. The van der Waals surface area contributed by atoms with Crippen molar-refractivity contribution in [3.8, 4) is 5.75 Å². The second-order valence-electron chi connectivity index (χ2n) is 5.01. The molecule has 1 atom stereocenters. The largest absolute Gasteiger partial charge is 0.497 e. The van der Waals surface area contributed by atoms with E-state index in [1.807, 2.05) is 0 Å². The normalized spacial score (nSPS) is 19.0. The first-order valence-electron chi connectivity index (χ1n) is 6.78. The van der Waals surface area contributed by atoms with Crippen LogP contribution in [0.5, 0.6) is 5.75 Å². The van der Waals surface area contributed by atoms with Gasteiger partial charge in [0.2, 0.25) is 10.0 Å². The van der Waals surface area contributed by atoms with Gasteiger partial charge in [0, 0.05) is 11.1 Å². The highest BCUT2D eigenvalue weighted by Crippen LogP contribution is 2.24. The molecule has 1 aliphatic heterocycles. The second kappa shape index (κ2) is 5.60. The van der Waals surface area contributed by atoms with E-state index >= 15 is 0 Å². The summed E-state index contributed by atoms with van der Waals surface area (Å²) >= 11 is 0. The molecule has 0 fully saturated rings. The van der Waals surface area contributed by atoms with Crippen molar-refractivity contribution in [1.29, 1.82) is 0 Å². The van der Waals surface area contributed by atoms with Gasteiger partial charge in [-0.25, -0.2) is 8.42 Å². The van der Waals surface area contributed by atoms with E-state index < -0.39 is 27.6 Å². The second-order valence-corrected chi connectivity index (χ2v) is 6.69. The van der Waals surface area contributed by atoms with Crippen molar-refractivity contribution in [2.75, 3.05) is 7.11 Å². The number of carbonyl (C=O) groups excluding carboxylic acids is 2. The highest BCUT2D eigenvalue weighted by Gasteiger charge is 2.40. The van der Waals surface area contributed by atoms with Crippen molar-refractivity contribution in [3.63, 3.8) is 0 Å². The lowest BCUT2D eigenvalue weighted by molar-refractivity contribution is 0.0846. The van der Waals surface area contributed by atoms with Crippen LogP contribution in [0.15, 0.2) is 53.4 Å². The lowest BCUT2D eigenvalue weighted by Crippen LogP contribution is -2.50. The molecule has 118 valence electrons. The Morgan fingerprint density at radius 3 is 2.39 bits per heavy atom. The van der Waals surface area contributed by atoms with Crippen LogP contribution >= 0.6 is 0 Å². The number of hydrogen-bond donors (Lipinski definition) is 1. The first-order valence-corrected chi connectivity index (χ1v) is 8.26. The third-order valence-corrected chi connectivity index (χ3v) is 5.09. The first kappa shape index (κ1) is 15.4. The molecule has 0 radical (unpaired) electrons. The molecule has 1 N–H and O–H groups in total. The minimum Gasteiger partial charge on any atom is -0.497 e. The van der Waals surface area contributed by atoms with E-state index in [1.165, 1.54) is 37.4 Å². The SMILES string of the molecule is COc1ccc(C(=O)C2NS(=O)(=O)c3ccccc3C2=O)cc1. The fourth-order valence-electron chi connectivity index (χ4n) is 2.43. The Kier molecular flexibility index (Phi) is 3.75. The monoisotopic (exact) mass is 331 g/mol. The molecule has 0 bridgehead atoms. The summed E-state index contributed by atoms with van der Waals surface area (Å²) in [6.07, 6.45) is 0. The van der Waals surface area contributed by atoms with Gasteiger partial charge in [0.15, 0.2) is 11.6 Å². The van der Waals surface area contributed by atoms with Crippen molar-refractivity contribution < 1.29 is 22.7 Å². The van der Waals surface area contributed by atoms with E-state index in [0.29, 0.717) is 5.75 Å². The molecule has 23 heavy (non-hydrogen) atoms. The van der Waals surface area contributed by atoms with Crippen molar-refractivity contribution in [1.82, 2.24) is 4.72 Å². The average molecular weight is 331 g/mol. The number of Topliss-reactive ketones (excluding diaryl/α,β-unsaturated/α-hetero) is 2. The summed E-state index contributed by atoms with van der Waals surface area (Å²) in [7, 11) is -2.41. The van der Waals surface area contributed by atoms with Crippen LogP contribution in [0.1, 0.15) is 20.7 Å². The van der Waals surface area contributed by atoms with Crippen molar-refractivity contribution in [2.45, 2.75) is 10.9 Å². The van der Waals surface area contributed by atoms with Gasteiger partial charge in [-0.1, -0.05) is 12.1 Å². The number of benzene rings is 2. The van der Waals surface area contributed by atoms with E-state index in [2.05, 4.69) is 4.72 Å². The highest BCUT2D eigenvalue weighted by atomic mass is 32.2. The minimum absolute atomic E-state index is 0.0260. The summed E-state index contributed by atoms with van der Waals surface area (Å²) in [5.41, 5.74) is 0.254. The summed E-state index contributed by atoms with van der Waals surface area (Å²) in [6, 6.07) is 10.5. The number of hydrogen-bond acceptors (Lipinski definition) is 5. The lowest BCUT2D eigenvalue weighted by Gasteiger charge is -2.23. The van der Waals surface area contributed by atoms with Crippen LogP contribution in [0.3, 0.4) is 0 Å². The van der Waals surface area contributed by atoms with Crippen LogP contribution in [-0.2, 0) is 10.0 Å². The molecule has 0 saturated heterocycles. The molecule has 2 aromatic carbocycles. The maximum Gasteiger partial charge on any atom is 0.242 e. The zero-order valence-electron chi connectivity index (χ0n) is 12.1. The smallest absolute Gasteiger partial charge is 0.242 e. The van der Waals surface area contributed by atoms with Crippen LogP contribution in [0, 0.1) is 0 Å². The van der Waals surface area contributed by atoms with Gasteiger partial charge in [-0.05, 0) is 36.4 Å². The van der Waals surface area contributed by atoms with Crippen molar-refractivity contribution in [3.05, 3.63) is 59.7 Å². The number of sulfonamides is 1. The number of rotatable bonds is 3. The number of methoxy groups -OCH3 is 1. The first-order chi connectivity index (χ1) is 10.9. The van der Waals surface area contributed by atoms with Gasteiger partial charge in [-0.15, -0.1) is 0 Å². The Bertz CT molecular complexity index is 887. The zero-order chi connectivity index (χ0) is 16.6. The van der Waals surface area contributed by atoms with Gasteiger partial charge in [0.1, 0.15) is 11.8 Å². The van der Waals surface area contributed by atoms with E-state index in [-0.39, 0.29) is 16.0 Å². The predicted octanol–water partition coefficient (Wildman–Crippen LogP) is 1.42. The van der Waals surface area contributed by atoms with Gasteiger partial charge in [-0.3, -0.25) is 9.59 Å². The number of carbonyl (C=O) groups is 2. The topological polar surface area (TPSA) is 89.5 Å². The van der Waals surface area contributed by atoms with Gasteiger partial charge in [0.25, 0.3) is 0 Å². The Hall–Kier alpha value is -2.51. The predicted molar refractivity (Wildman–Crippen MR) is 82.2 cm³/mol. The van der Waals surface area contributed by atoms with Crippen molar-refractivity contribution >= 4 is 21.6 Å². The molecule has 6 nitrogen and oxygen atoms in total. The molecule has 7 heteroatoms. The summed E-state index contributed by atoms with van der Waals surface area (Å²) in [6.45, 7) is 0. The van der Waals surface area contributed by atoms with Crippen LogP contribution in [0.2, 0.25) is 0 Å². The van der Waals surface area contributed by atoms with E-state index in [1.54, 1.807) is 18.2 Å². The van der Waals surface area contributed by atoms with E-state index in [9.17, 15) is 18.0 Å². The van der Waals surface area contributed by atoms with Gasteiger partial charge < -0.3 is 4.74 Å². The molecule has 0 aliphatic carbocycles. The maximum absolute atomic E-state index is 12.5. The summed E-state index contributed by atoms with van der Waals surface area (Å²) in [5.74, 6) is -0.602. The van der Waals surface area contributed by atoms with Crippen LogP contribution in [0.4, 0.5) is 0 Å². The molecule has 3 rings (SSSR count). The minimum atomic E-state index is -3.91. The van der Waals surface area contributed by atoms with E-state index in [0.717, 1.165) is 0 Å². The fourth-order valence-corrected chi connectivity index (χ4v) is 3.79. The summed E-state index contributed by atoms with van der Waals surface area (Å²) < 4.78 is 31.6. The summed E-state index contributed by atoms with van der Waals surface area (Å²) in [5, 5.41) is 0. The third-order valence-electron chi connectivity index (χ3n) is 3.61. The molecule has 2 aromatic rings. The fraction of sp³-hybridized carbons (Fsp3) is 0.125. The van der Waals surface area contributed by atoms with E-state index in [4.69, 9.17) is 4.74 Å². The number of ether oxygens (including phenoxy) is 1. The van der Waals surface area contributed by atoms with Gasteiger partial charge >= 0.3 is 0 Å². The standard InChI is InChI=1S/C16H13NO5S/c1-22-11-8-6-10(7-9-11)15(18)14-16(19)12-4-2-3-5-13(12)23(20,21)17-14/h2-9,14,17H,1H3. The van der Waals surface area contributed by atoms with Gasteiger partial charge in [0.05, 0.1) is 12.0 Å². The molecule has 0 amide bonds. The highest BCUT2D eigenvalue weighted by molar-refractivity contribution is 7.89. The Morgan fingerprint density at radius 1 is 1.09 bits per heavy atom. The average Bonchev–Trinajstić information content (AvgIpc) is 2.58. The number of nitrogens with one attached hydrogen (secondary N) is 1. The third kappa shape index (κ3) is 2.64. The molecule has 1 unspecified atom stereocenters. The molecule has 0 saturated carbocycles. The molecule has 0 aromatic heterocycles. The number of ketones is 2. The zero-order valence-corrected chi connectivity index (χ0v) is 13.0. The summed E-state index contributed by atoms with van der Waals surface area (Å²) in [4.78, 5) is 24.9. The van der Waals surface area contributed by atoms with Crippen LogP contribution in [-0.4, -0.2) is 33.1 Å². The molecular formula is C16H13NO5S. The van der Waals surface area contributed by atoms with Crippen molar-refractivity contribution in [2.24, 2.45) is 0 Å². The van der Waals surface area contributed by atoms with Crippen LogP contribution < -0.4 is 9.46 Å². The van der Waals surface area contributed by atoms with Crippen LogP contribution in [0.25, 0.3) is 0 Å². The molecule has 1 aliphatic rings. The Labute approximate surface area is 133 Å². The lowest BCUT2D eigenvalue weighted by atomic mass is 9.97. The molecule has 0 spiro atoms. The molecular weight excluding hydrogens is 318 g/mol. The maximum atomic E-state index is 12.5. The number of fused-ring (bicyclic) bond motifs is 1. The van der Waals surface area contributed by atoms with Gasteiger partial charge in [-0.2, -0.15) is 4.72 Å². The quantitative estimate of drug-likeness (QED) is 0.679. The molecule has 1 heterocycles. The Balaban J connectivity index is 2.01.